The lowest BCUT2D eigenvalue weighted by atomic mass is 10.0. The number of rotatable bonds is 9. The van der Waals surface area contributed by atoms with Crippen LogP contribution in [-0.4, -0.2) is 20.7 Å². The standard InChI is InChI=1S/C27H33ClN4OS/c1-18-7-6-10-22(15-18)17-34-27-31-30-26(32(27)24-16-23(28)13-11-19(24)2)20(3)29-25(33)14-12-21-8-4-5-9-21/h6-7,10-11,13,15-16,20-21H,4-5,8-9,12,14,17H2,1-3H3,(H,29,33). The summed E-state index contributed by atoms with van der Waals surface area (Å²) < 4.78 is 2.05. The molecule has 0 aliphatic heterocycles. The number of carbonyl (C=O) groups is 1. The fourth-order valence-electron chi connectivity index (χ4n) is 4.67. The molecule has 34 heavy (non-hydrogen) atoms. The number of hydrogen-bond donors (Lipinski definition) is 1. The molecule has 7 heteroatoms. The van der Waals surface area contributed by atoms with Crippen LogP contribution in [0, 0.1) is 19.8 Å². The molecule has 1 aromatic heterocycles. The van der Waals surface area contributed by atoms with Gasteiger partial charge in [0.25, 0.3) is 0 Å². The van der Waals surface area contributed by atoms with Gasteiger partial charge in [0.1, 0.15) is 0 Å². The van der Waals surface area contributed by atoms with Crippen LogP contribution in [-0.2, 0) is 10.5 Å². The van der Waals surface area contributed by atoms with E-state index >= 15 is 0 Å². The van der Waals surface area contributed by atoms with Crippen LogP contribution in [0.3, 0.4) is 0 Å². The lowest BCUT2D eigenvalue weighted by Gasteiger charge is -2.18. The maximum absolute atomic E-state index is 12.7. The third-order valence-corrected chi connectivity index (χ3v) is 7.78. The minimum absolute atomic E-state index is 0.0747. The van der Waals surface area contributed by atoms with Gasteiger partial charge < -0.3 is 5.32 Å². The Hall–Kier alpha value is -2.31. The Labute approximate surface area is 211 Å². The molecular weight excluding hydrogens is 464 g/mol. The quantitative estimate of drug-likeness (QED) is 0.325. The summed E-state index contributed by atoms with van der Waals surface area (Å²) in [5.74, 6) is 2.27. The van der Waals surface area contributed by atoms with Gasteiger partial charge in [-0.15, -0.1) is 10.2 Å². The van der Waals surface area contributed by atoms with E-state index in [1.165, 1.54) is 36.8 Å². The van der Waals surface area contributed by atoms with Gasteiger partial charge in [0.05, 0.1) is 11.7 Å². The Kier molecular flexibility index (Phi) is 8.32. The summed E-state index contributed by atoms with van der Waals surface area (Å²) in [4.78, 5) is 12.7. The average Bonchev–Trinajstić information content (AvgIpc) is 3.48. The number of aromatic nitrogens is 3. The molecule has 0 saturated heterocycles. The zero-order valence-electron chi connectivity index (χ0n) is 20.2. The molecule has 4 rings (SSSR count). The van der Waals surface area contributed by atoms with Crippen molar-refractivity contribution in [2.24, 2.45) is 5.92 Å². The summed E-state index contributed by atoms with van der Waals surface area (Å²) in [7, 11) is 0. The van der Waals surface area contributed by atoms with Gasteiger partial charge in [-0.25, -0.2) is 0 Å². The van der Waals surface area contributed by atoms with Gasteiger partial charge in [0, 0.05) is 17.2 Å². The summed E-state index contributed by atoms with van der Waals surface area (Å²) in [6, 6.07) is 14.0. The number of aryl methyl sites for hydroxylation is 2. The highest BCUT2D eigenvalue weighted by atomic mass is 35.5. The number of thioether (sulfide) groups is 1. The second-order valence-corrected chi connectivity index (χ2v) is 10.7. The molecule has 5 nitrogen and oxygen atoms in total. The van der Waals surface area contributed by atoms with E-state index in [-0.39, 0.29) is 11.9 Å². The van der Waals surface area contributed by atoms with E-state index in [2.05, 4.69) is 53.6 Å². The van der Waals surface area contributed by atoms with Crippen molar-refractivity contribution in [2.75, 3.05) is 0 Å². The summed E-state index contributed by atoms with van der Waals surface area (Å²) in [5, 5.41) is 13.6. The molecule has 180 valence electrons. The van der Waals surface area contributed by atoms with Crippen LogP contribution in [0.15, 0.2) is 47.6 Å². The molecule has 1 fully saturated rings. The van der Waals surface area contributed by atoms with Crippen LogP contribution in [0.1, 0.15) is 74.0 Å². The largest absolute Gasteiger partial charge is 0.346 e. The van der Waals surface area contributed by atoms with E-state index in [4.69, 9.17) is 11.6 Å². The highest BCUT2D eigenvalue weighted by Gasteiger charge is 2.23. The third kappa shape index (κ3) is 6.22. The first-order valence-electron chi connectivity index (χ1n) is 12.1. The maximum atomic E-state index is 12.7. The van der Waals surface area contributed by atoms with Gasteiger partial charge in [0.2, 0.25) is 5.91 Å². The summed E-state index contributed by atoms with van der Waals surface area (Å²) >= 11 is 8.00. The molecule has 1 unspecified atom stereocenters. The average molecular weight is 497 g/mol. The van der Waals surface area contributed by atoms with Crippen molar-refractivity contribution in [2.45, 2.75) is 76.2 Å². The monoisotopic (exact) mass is 496 g/mol. The van der Waals surface area contributed by atoms with Crippen molar-refractivity contribution < 1.29 is 4.79 Å². The van der Waals surface area contributed by atoms with Crippen LogP contribution in [0.25, 0.3) is 5.69 Å². The molecule has 1 N–H and O–H groups in total. The Balaban J connectivity index is 1.55. The van der Waals surface area contributed by atoms with Crippen LogP contribution >= 0.6 is 23.4 Å². The zero-order chi connectivity index (χ0) is 24.1. The Bertz CT molecular complexity index is 1140. The molecular formula is C27H33ClN4OS. The first kappa shape index (κ1) is 24.8. The smallest absolute Gasteiger partial charge is 0.220 e. The normalized spacial score (nSPS) is 14.9. The van der Waals surface area contributed by atoms with Crippen molar-refractivity contribution in [3.63, 3.8) is 0 Å². The molecule has 0 radical (unpaired) electrons. The van der Waals surface area contributed by atoms with Crippen LogP contribution < -0.4 is 5.32 Å². The minimum Gasteiger partial charge on any atom is -0.346 e. The number of amides is 1. The fraction of sp³-hybridized carbons (Fsp3) is 0.444. The van der Waals surface area contributed by atoms with Crippen LogP contribution in [0.4, 0.5) is 0 Å². The number of benzene rings is 2. The number of nitrogens with one attached hydrogen (secondary N) is 1. The molecule has 3 aromatic rings. The highest BCUT2D eigenvalue weighted by molar-refractivity contribution is 7.98. The van der Waals surface area contributed by atoms with E-state index < -0.39 is 0 Å². The predicted molar refractivity (Wildman–Crippen MR) is 140 cm³/mol. The Morgan fingerprint density at radius 3 is 2.74 bits per heavy atom. The highest BCUT2D eigenvalue weighted by Crippen LogP contribution is 2.31. The van der Waals surface area contributed by atoms with Gasteiger partial charge in [-0.2, -0.15) is 0 Å². The molecule has 1 heterocycles. The van der Waals surface area contributed by atoms with Crippen LogP contribution in [0.5, 0.6) is 0 Å². The molecule has 1 atom stereocenters. The zero-order valence-corrected chi connectivity index (χ0v) is 21.8. The number of nitrogens with zero attached hydrogens (tertiary/aromatic N) is 3. The van der Waals surface area contributed by atoms with E-state index in [1.807, 2.05) is 29.7 Å². The molecule has 1 aliphatic carbocycles. The Morgan fingerprint density at radius 1 is 1.18 bits per heavy atom. The van der Waals surface area contributed by atoms with Gasteiger partial charge in [-0.3, -0.25) is 9.36 Å². The number of carbonyl (C=O) groups excluding carboxylic acids is 1. The molecule has 2 aromatic carbocycles. The first-order chi connectivity index (χ1) is 16.4. The topological polar surface area (TPSA) is 59.8 Å². The lowest BCUT2D eigenvalue weighted by molar-refractivity contribution is -0.122. The maximum Gasteiger partial charge on any atom is 0.220 e. The minimum atomic E-state index is -0.268. The first-order valence-corrected chi connectivity index (χ1v) is 13.5. The van der Waals surface area contributed by atoms with E-state index in [1.54, 1.807) is 11.8 Å². The van der Waals surface area contributed by atoms with Gasteiger partial charge in [-0.05, 0) is 56.4 Å². The SMILES string of the molecule is Cc1cccc(CSc2nnc(C(C)NC(=O)CCC3CCCC3)n2-c2cc(Cl)ccc2C)c1. The van der Waals surface area contributed by atoms with Crippen molar-refractivity contribution in [1.82, 2.24) is 20.1 Å². The number of halogens is 1. The molecule has 1 amide bonds. The van der Waals surface area contributed by atoms with Gasteiger partial charge in [0.15, 0.2) is 11.0 Å². The van der Waals surface area contributed by atoms with E-state index in [9.17, 15) is 4.79 Å². The van der Waals surface area contributed by atoms with E-state index in [0.29, 0.717) is 23.2 Å². The Morgan fingerprint density at radius 2 is 1.97 bits per heavy atom. The molecule has 0 bridgehead atoms. The lowest BCUT2D eigenvalue weighted by Crippen LogP contribution is -2.28. The summed E-state index contributed by atoms with van der Waals surface area (Å²) in [6.45, 7) is 6.12. The van der Waals surface area contributed by atoms with E-state index in [0.717, 1.165) is 28.6 Å². The molecule has 1 saturated carbocycles. The summed E-state index contributed by atoms with van der Waals surface area (Å²) in [6.07, 6.45) is 6.64. The van der Waals surface area contributed by atoms with Crippen LogP contribution in [0.2, 0.25) is 5.02 Å². The van der Waals surface area contributed by atoms with Gasteiger partial charge >= 0.3 is 0 Å². The third-order valence-electron chi connectivity index (χ3n) is 6.54. The fourth-order valence-corrected chi connectivity index (χ4v) is 5.73. The predicted octanol–water partition coefficient (Wildman–Crippen LogP) is 6.98. The van der Waals surface area contributed by atoms with Crippen molar-refractivity contribution in [1.29, 1.82) is 0 Å². The second kappa shape index (κ2) is 11.4. The molecule has 1 aliphatic rings. The van der Waals surface area contributed by atoms with Crippen molar-refractivity contribution in [3.05, 3.63) is 70.0 Å². The second-order valence-electron chi connectivity index (χ2n) is 9.36. The summed E-state index contributed by atoms with van der Waals surface area (Å²) in [5.41, 5.74) is 4.48. The van der Waals surface area contributed by atoms with Crippen molar-refractivity contribution >= 4 is 29.3 Å². The van der Waals surface area contributed by atoms with Crippen molar-refractivity contribution in [3.8, 4) is 5.69 Å². The van der Waals surface area contributed by atoms with Gasteiger partial charge in [-0.1, -0.05) is 84.9 Å². The molecule has 0 spiro atoms. The number of hydrogen-bond acceptors (Lipinski definition) is 4.